The Bertz CT molecular complexity index is 3670. The Labute approximate surface area is 546 Å². The number of halogens is 1. The number of benzene rings is 6. The van der Waals surface area contributed by atoms with Gasteiger partial charge in [0.05, 0.1) is 39.8 Å². The van der Waals surface area contributed by atoms with Gasteiger partial charge in [-0.05, 0) is 258 Å². The van der Waals surface area contributed by atoms with Gasteiger partial charge in [0.15, 0.2) is 11.4 Å². The van der Waals surface area contributed by atoms with E-state index in [9.17, 15) is 35.2 Å². The average molecular weight is 1350 g/mol. The van der Waals surface area contributed by atoms with E-state index in [0.29, 0.717) is 46.9 Å². The molecule has 0 heterocycles. The third-order valence-electron chi connectivity index (χ3n) is 14.3. The van der Waals surface area contributed by atoms with Gasteiger partial charge in [-0.15, -0.1) is 0 Å². The van der Waals surface area contributed by atoms with Crippen molar-refractivity contribution in [2.45, 2.75) is 153 Å². The number of nitrogens with zero attached hydrogens (tertiary/aromatic N) is 2. The first-order chi connectivity index (χ1) is 40.2. The molecule has 452 valence electrons. The van der Waals surface area contributed by atoms with Crippen molar-refractivity contribution in [1.82, 2.24) is 16.0 Å². The molecule has 3 N–H and O–H groups in total. The minimum absolute atomic E-state index is 0. The Balaban J connectivity index is 0.000000218. The number of likely N-dealkylation sites (N-methyl/N-ethyl adjacent to an activating group) is 1. The molecular formula is C65H75IN5NaO11S3. The van der Waals surface area contributed by atoms with Crippen LogP contribution in [0.25, 0.3) is 9.69 Å². The van der Waals surface area contributed by atoms with E-state index < -0.39 is 48.1 Å². The van der Waals surface area contributed by atoms with Gasteiger partial charge in [-0.3, -0.25) is 4.21 Å². The van der Waals surface area contributed by atoms with Gasteiger partial charge in [-0.25, -0.2) is 36.1 Å². The Morgan fingerprint density at radius 3 is 1.44 bits per heavy atom. The molecule has 6 aromatic carbocycles. The summed E-state index contributed by atoms with van der Waals surface area (Å²) in [4.78, 5) is 31.2. The number of amides is 2. The van der Waals surface area contributed by atoms with E-state index in [1.54, 1.807) is 66.7 Å². The molecule has 0 aromatic heterocycles. The van der Waals surface area contributed by atoms with E-state index in [2.05, 4.69) is 66.4 Å². The van der Waals surface area contributed by atoms with Gasteiger partial charge in [-0.1, -0.05) is 48.5 Å². The van der Waals surface area contributed by atoms with Crippen molar-refractivity contribution in [1.29, 1.82) is 0 Å². The number of nitrogens with one attached hydrogen (secondary N) is 3. The Morgan fingerprint density at radius 1 is 0.593 bits per heavy atom. The number of hydrogen-bond donors (Lipinski definition) is 3. The second-order valence-corrected chi connectivity index (χ2v) is 28.9. The van der Waals surface area contributed by atoms with Crippen LogP contribution >= 0.6 is 22.6 Å². The second kappa shape index (κ2) is 32.5. The third-order valence-corrected chi connectivity index (χ3v) is 19.1. The molecular weight excluding hydrogens is 1270 g/mol. The molecule has 86 heavy (non-hydrogen) atoms. The summed E-state index contributed by atoms with van der Waals surface area (Å²) in [6.07, 6.45) is 8.51. The van der Waals surface area contributed by atoms with Gasteiger partial charge in [0.25, 0.3) is 0 Å². The van der Waals surface area contributed by atoms with Crippen LogP contribution in [0.5, 0.6) is 5.75 Å². The first-order valence-electron chi connectivity index (χ1n) is 28.1. The van der Waals surface area contributed by atoms with Crippen molar-refractivity contribution < 1.29 is 79.0 Å². The molecule has 3 aliphatic rings. The van der Waals surface area contributed by atoms with Crippen LogP contribution in [0.15, 0.2) is 152 Å². The van der Waals surface area contributed by atoms with E-state index in [0.717, 1.165) is 74.6 Å². The molecule has 1 unspecified atom stereocenters. The molecule has 0 radical (unpaired) electrons. The van der Waals surface area contributed by atoms with E-state index in [1.807, 2.05) is 66.8 Å². The predicted octanol–water partition coefficient (Wildman–Crippen LogP) is 10.9. The number of alkyl carbamates (subject to hydrolysis) is 2. The fourth-order valence-electron chi connectivity index (χ4n) is 10.3. The molecule has 3 aliphatic carbocycles. The number of methoxy groups -OCH3 is 1. The Kier molecular flexibility index (Phi) is 26.9. The van der Waals surface area contributed by atoms with Crippen molar-refractivity contribution in [3.63, 3.8) is 0 Å². The zero-order chi connectivity index (χ0) is 62.1. The number of hydrogen-bond acceptors (Lipinski definition) is 12. The minimum Gasteiger partial charge on any atom is -0.768 e. The zero-order valence-electron chi connectivity index (χ0n) is 50.3. The normalized spacial score (nSPS) is 16.3. The maximum Gasteiger partial charge on any atom is 1.00 e. The van der Waals surface area contributed by atoms with Gasteiger partial charge in [-0.2, -0.15) is 0 Å². The second-order valence-electron chi connectivity index (χ2n) is 22.8. The standard InChI is InChI=1S/C23H26N2O4S.C19H23NO3S.C16H22INO2.C7H5NO2S.Na/c1-23(2,3)29-22(26)25-15-17-8-5-7-16-13-20(11-12-21(16)17)30(27,28)19-10-6-9-18(14-19)24-4;1-20-13-15-6-3-5-14-11-18(9-10-19(14)15)24(21,22)17-8-4-7-16(12-17)23-2;1-16(2,3)20-15(19)18-10-12-6-4-5-11-9-13(17)7-8-14(11)12;1-8-6-3-2-4-7(5-6)11(9)10;/h6,9-14,17H,5,7-8,15H2,1-3H3,(H,25,26);4,7-12,15,20H,3,5-6,13H2,1-2H3;7-9,12H,4-6,10H2,1-3H3,(H,18,19);2-5H,(H,9,10);/q;;;;+1/p-1/t17-;15-;12-;;/m000../s1. The van der Waals surface area contributed by atoms with Crippen LogP contribution in [0.4, 0.5) is 21.0 Å². The van der Waals surface area contributed by atoms with Crippen molar-refractivity contribution in [2.75, 3.05) is 33.8 Å². The molecule has 0 saturated carbocycles. The molecule has 6 aromatic rings. The SMILES string of the molecule is CC(C)(C)OC(=O)NC[C@@H]1CCCc2cc(I)ccc21.CNC[C@@H]1CCCc2cc(S(=O)(=O)c3cccc(OC)c3)ccc21.[C-]#[N+]c1cccc(S(=O)(=O)c2ccc3c(c2)CCC[C@H]3CNC(=O)OC(C)(C)C)c1.[C-]#[N+]c1cccc(S(=O)[O-])c1.[Na+]. The maximum atomic E-state index is 13.0. The summed E-state index contributed by atoms with van der Waals surface area (Å²) in [5.74, 6) is 1.53. The quantitative estimate of drug-likeness (QED) is 0.0452. The van der Waals surface area contributed by atoms with Gasteiger partial charge < -0.3 is 34.7 Å². The van der Waals surface area contributed by atoms with Crippen LogP contribution in [0.1, 0.15) is 131 Å². The number of carbonyl (C=O) groups excluding carboxylic acids is 2. The van der Waals surface area contributed by atoms with Crippen molar-refractivity contribution in [2.24, 2.45) is 0 Å². The molecule has 9 rings (SSSR count). The molecule has 0 spiro atoms. The van der Waals surface area contributed by atoms with Crippen molar-refractivity contribution in [3.05, 3.63) is 187 Å². The fraction of sp³-hybridized carbons (Fsp3) is 0.385. The van der Waals surface area contributed by atoms with E-state index in [4.69, 9.17) is 27.4 Å². The molecule has 4 atom stereocenters. The fourth-order valence-corrected chi connectivity index (χ4v) is 14.0. The smallest absolute Gasteiger partial charge is 0.768 e. The number of sulfone groups is 2. The summed E-state index contributed by atoms with van der Waals surface area (Å²) in [5.41, 5.74) is 6.94. The Hall–Kier alpha value is -5.66. The van der Waals surface area contributed by atoms with Crippen LogP contribution in [0, 0.1) is 16.7 Å². The average Bonchev–Trinajstić information content (AvgIpc) is 1.18. The van der Waals surface area contributed by atoms with Crippen LogP contribution in [0.2, 0.25) is 0 Å². The molecule has 16 nitrogen and oxygen atoms in total. The largest absolute Gasteiger partial charge is 1.00 e. The van der Waals surface area contributed by atoms with Gasteiger partial charge in [0.2, 0.25) is 19.7 Å². The maximum absolute atomic E-state index is 13.0. The number of ether oxygens (including phenoxy) is 3. The molecule has 0 fully saturated rings. The van der Waals surface area contributed by atoms with Crippen LogP contribution in [0.3, 0.4) is 0 Å². The topological polar surface area (TPSA) is 215 Å². The summed E-state index contributed by atoms with van der Waals surface area (Å²) < 4.78 is 89.7. The third kappa shape index (κ3) is 20.7. The first-order valence-corrected chi connectivity index (χ1v) is 33.2. The van der Waals surface area contributed by atoms with E-state index >= 15 is 0 Å². The number of fused-ring (bicyclic) bond motifs is 3. The number of rotatable bonds is 12. The summed E-state index contributed by atoms with van der Waals surface area (Å²) >= 11 is 0.116. The van der Waals surface area contributed by atoms with Gasteiger partial charge in [0, 0.05) is 39.9 Å². The van der Waals surface area contributed by atoms with Crippen molar-refractivity contribution in [3.8, 4) is 5.75 Å². The molecule has 0 bridgehead atoms. The van der Waals surface area contributed by atoms with E-state index in [-0.39, 0.29) is 61.2 Å². The molecule has 2 amide bonds. The van der Waals surface area contributed by atoms with Crippen LogP contribution in [-0.4, -0.2) is 82.8 Å². The summed E-state index contributed by atoms with van der Waals surface area (Å²) in [6.45, 7) is 26.8. The number of carbonyl (C=O) groups is 2. The summed E-state index contributed by atoms with van der Waals surface area (Å²) in [6, 6.07) is 36.0. The zero-order valence-corrected chi connectivity index (χ0v) is 56.9. The molecule has 0 saturated heterocycles. The van der Waals surface area contributed by atoms with Crippen LogP contribution < -0.4 is 50.2 Å². The first kappa shape index (κ1) is 71.1. The van der Waals surface area contributed by atoms with E-state index in [1.165, 1.54) is 58.1 Å². The summed E-state index contributed by atoms with van der Waals surface area (Å²) in [7, 11) is -3.74. The summed E-state index contributed by atoms with van der Waals surface area (Å²) in [5, 5.41) is 8.96. The number of aryl methyl sites for hydroxylation is 3. The van der Waals surface area contributed by atoms with Crippen LogP contribution in [-0.2, 0) is 59.5 Å². The van der Waals surface area contributed by atoms with Gasteiger partial charge in [0.1, 0.15) is 17.0 Å². The minimum atomic E-state index is -3.70. The Morgan fingerprint density at radius 2 is 1.00 bits per heavy atom. The predicted molar refractivity (Wildman–Crippen MR) is 338 cm³/mol. The monoisotopic (exact) mass is 1350 g/mol. The van der Waals surface area contributed by atoms with Crippen molar-refractivity contribution >= 4 is 76.9 Å². The molecule has 0 aliphatic heterocycles. The molecule has 21 heteroatoms. The van der Waals surface area contributed by atoms with Gasteiger partial charge >= 0.3 is 41.7 Å².